The van der Waals surface area contributed by atoms with E-state index in [2.05, 4.69) is 12.2 Å². The SMILES string of the molecule is CC(Nc1c(N)ccc(F)c1F)C1CC2CCC1C2. The van der Waals surface area contributed by atoms with Gasteiger partial charge in [0.15, 0.2) is 11.6 Å². The van der Waals surface area contributed by atoms with Crippen molar-refractivity contribution in [1.82, 2.24) is 0 Å². The number of nitrogens with one attached hydrogen (secondary N) is 1. The van der Waals surface area contributed by atoms with Gasteiger partial charge < -0.3 is 11.1 Å². The molecule has 4 heteroatoms. The van der Waals surface area contributed by atoms with Crippen LogP contribution in [0.5, 0.6) is 0 Å². The van der Waals surface area contributed by atoms with E-state index in [0.717, 1.165) is 17.9 Å². The Balaban J connectivity index is 1.76. The molecule has 0 heterocycles. The maximum absolute atomic E-state index is 13.8. The molecule has 2 nitrogen and oxygen atoms in total. The maximum Gasteiger partial charge on any atom is 0.183 e. The lowest BCUT2D eigenvalue weighted by atomic mass is 9.84. The van der Waals surface area contributed by atoms with Crippen LogP contribution in [-0.2, 0) is 0 Å². The molecule has 1 aromatic rings. The Morgan fingerprint density at radius 1 is 1.26 bits per heavy atom. The lowest BCUT2D eigenvalue weighted by Crippen LogP contribution is -2.30. The fraction of sp³-hybridized carbons (Fsp3) is 0.600. The average molecular weight is 266 g/mol. The van der Waals surface area contributed by atoms with Gasteiger partial charge in [-0.3, -0.25) is 0 Å². The fourth-order valence-electron chi connectivity index (χ4n) is 3.95. The van der Waals surface area contributed by atoms with E-state index in [0.29, 0.717) is 5.92 Å². The van der Waals surface area contributed by atoms with Crippen molar-refractivity contribution in [1.29, 1.82) is 0 Å². The first kappa shape index (κ1) is 12.7. The third-order valence-electron chi connectivity index (χ3n) is 4.93. The van der Waals surface area contributed by atoms with E-state index < -0.39 is 11.6 Å². The molecule has 0 radical (unpaired) electrons. The van der Waals surface area contributed by atoms with Crippen LogP contribution in [0.3, 0.4) is 0 Å². The zero-order valence-electron chi connectivity index (χ0n) is 11.1. The number of nitrogen functional groups attached to an aromatic ring is 1. The molecular formula is C15H20F2N2. The number of nitrogens with two attached hydrogens (primary N) is 1. The molecule has 19 heavy (non-hydrogen) atoms. The summed E-state index contributed by atoms with van der Waals surface area (Å²) >= 11 is 0. The molecule has 3 rings (SSSR count). The van der Waals surface area contributed by atoms with Crippen molar-refractivity contribution in [3.8, 4) is 0 Å². The molecule has 3 N–H and O–H groups in total. The zero-order valence-corrected chi connectivity index (χ0v) is 11.1. The van der Waals surface area contributed by atoms with Gasteiger partial charge in [-0.2, -0.15) is 0 Å². The second kappa shape index (κ2) is 4.66. The zero-order chi connectivity index (χ0) is 13.6. The number of anilines is 2. The highest BCUT2D eigenvalue weighted by Gasteiger charge is 2.42. The topological polar surface area (TPSA) is 38.0 Å². The lowest BCUT2D eigenvalue weighted by molar-refractivity contribution is 0.303. The molecule has 2 aliphatic rings. The van der Waals surface area contributed by atoms with E-state index in [1.165, 1.54) is 31.7 Å². The summed E-state index contributed by atoms with van der Waals surface area (Å²) < 4.78 is 27.0. The second-order valence-corrected chi connectivity index (χ2v) is 6.10. The molecule has 4 unspecified atom stereocenters. The molecule has 0 spiro atoms. The first-order valence-electron chi connectivity index (χ1n) is 7.06. The van der Waals surface area contributed by atoms with E-state index in [-0.39, 0.29) is 17.4 Å². The summed E-state index contributed by atoms with van der Waals surface area (Å²) in [5, 5.41) is 3.11. The summed E-state index contributed by atoms with van der Waals surface area (Å²) in [5.74, 6) is 0.423. The average Bonchev–Trinajstić information content (AvgIpc) is 3.01. The van der Waals surface area contributed by atoms with Gasteiger partial charge in [0.1, 0.15) is 0 Å². The number of halogens is 2. The standard InChI is InChI=1S/C15H20F2N2/c1-8(11-7-9-2-3-10(11)6-9)19-15-13(18)5-4-12(16)14(15)17/h4-5,8-11,19H,2-3,6-7,18H2,1H3. The predicted octanol–water partition coefficient (Wildman–Crippen LogP) is 3.78. The Hall–Kier alpha value is -1.32. The molecule has 1 aromatic carbocycles. The quantitative estimate of drug-likeness (QED) is 0.817. The molecule has 2 fully saturated rings. The summed E-state index contributed by atoms with van der Waals surface area (Å²) in [6.07, 6.45) is 5.13. The van der Waals surface area contributed by atoms with Crippen molar-refractivity contribution in [3.63, 3.8) is 0 Å². The van der Waals surface area contributed by atoms with Gasteiger partial charge in [0, 0.05) is 6.04 Å². The van der Waals surface area contributed by atoms with Gasteiger partial charge >= 0.3 is 0 Å². The molecule has 0 aliphatic heterocycles. The third kappa shape index (κ3) is 2.17. The van der Waals surface area contributed by atoms with Gasteiger partial charge in [-0.1, -0.05) is 6.42 Å². The lowest BCUT2D eigenvalue weighted by Gasteiger charge is -2.29. The molecule has 2 aliphatic carbocycles. The molecule has 4 atom stereocenters. The van der Waals surface area contributed by atoms with Crippen LogP contribution >= 0.6 is 0 Å². The van der Waals surface area contributed by atoms with E-state index in [1.807, 2.05) is 0 Å². The Kier molecular flexibility index (Phi) is 3.11. The maximum atomic E-state index is 13.8. The van der Waals surface area contributed by atoms with Gasteiger partial charge in [-0.25, -0.2) is 8.78 Å². The highest BCUT2D eigenvalue weighted by Crippen LogP contribution is 2.50. The number of hydrogen-bond acceptors (Lipinski definition) is 2. The summed E-state index contributed by atoms with van der Waals surface area (Å²) in [4.78, 5) is 0. The third-order valence-corrected chi connectivity index (χ3v) is 4.93. The van der Waals surface area contributed by atoms with Crippen molar-refractivity contribution < 1.29 is 8.78 Å². The molecule has 2 bridgehead atoms. The molecule has 0 aromatic heterocycles. The number of rotatable bonds is 3. The Labute approximate surface area is 112 Å². The number of fused-ring (bicyclic) bond motifs is 2. The van der Waals surface area contributed by atoms with Crippen LogP contribution < -0.4 is 11.1 Å². The molecule has 2 saturated carbocycles. The van der Waals surface area contributed by atoms with Gasteiger partial charge in [-0.05, 0) is 56.1 Å². The summed E-state index contributed by atoms with van der Waals surface area (Å²) in [6.45, 7) is 2.05. The van der Waals surface area contributed by atoms with Crippen LogP contribution in [0.25, 0.3) is 0 Å². The second-order valence-electron chi connectivity index (χ2n) is 6.10. The van der Waals surface area contributed by atoms with Gasteiger partial charge in [-0.15, -0.1) is 0 Å². The number of benzene rings is 1. The minimum Gasteiger partial charge on any atom is -0.397 e. The minimum absolute atomic E-state index is 0.121. The summed E-state index contributed by atoms with van der Waals surface area (Å²) in [5.41, 5.74) is 6.14. The van der Waals surface area contributed by atoms with Crippen LogP contribution in [0.4, 0.5) is 20.2 Å². The van der Waals surface area contributed by atoms with Crippen LogP contribution in [0.1, 0.15) is 32.6 Å². The van der Waals surface area contributed by atoms with Gasteiger partial charge in [0.25, 0.3) is 0 Å². The van der Waals surface area contributed by atoms with Crippen LogP contribution in [-0.4, -0.2) is 6.04 Å². The Morgan fingerprint density at radius 2 is 2.05 bits per heavy atom. The normalized spacial score (nSPS) is 30.6. The summed E-state index contributed by atoms with van der Waals surface area (Å²) in [6, 6.07) is 2.61. The van der Waals surface area contributed by atoms with E-state index in [4.69, 9.17) is 5.73 Å². The van der Waals surface area contributed by atoms with E-state index in [1.54, 1.807) is 0 Å². The largest absolute Gasteiger partial charge is 0.397 e. The minimum atomic E-state index is -0.866. The molecule has 104 valence electrons. The van der Waals surface area contributed by atoms with Gasteiger partial charge in [0.05, 0.1) is 11.4 Å². The van der Waals surface area contributed by atoms with Crippen molar-refractivity contribution in [2.24, 2.45) is 17.8 Å². The highest BCUT2D eigenvalue weighted by molar-refractivity contribution is 5.67. The van der Waals surface area contributed by atoms with Crippen molar-refractivity contribution in [3.05, 3.63) is 23.8 Å². The smallest absolute Gasteiger partial charge is 0.183 e. The van der Waals surface area contributed by atoms with Crippen LogP contribution in [0, 0.1) is 29.4 Å². The molecular weight excluding hydrogens is 246 g/mol. The Morgan fingerprint density at radius 3 is 2.68 bits per heavy atom. The van der Waals surface area contributed by atoms with Crippen molar-refractivity contribution >= 4 is 11.4 Å². The van der Waals surface area contributed by atoms with Crippen molar-refractivity contribution in [2.75, 3.05) is 11.1 Å². The summed E-state index contributed by atoms with van der Waals surface area (Å²) in [7, 11) is 0. The van der Waals surface area contributed by atoms with E-state index >= 15 is 0 Å². The van der Waals surface area contributed by atoms with Crippen LogP contribution in [0.2, 0.25) is 0 Å². The Bertz CT molecular complexity index is 489. The monoisotopic (exact) mass is 266 g/mol. The van der Waals surface area contributed by atoms with Gasteiger partial charge in [0.2, 0.25) is 0 Å². The van der Waals surface area contributed by atoms with E-state index in [9.17, 15) is 8.78 Å². The predicted molar refractivity (Wildman–Crippen MR) is 72.8 cm³/mol. The van der Waals surface area contributed by atoms with Crippen LogP contribution in [0.15, 0.2) is 12.1 Å². The molecule has 0 saturated heterocycles. The highest BCUT2D eigenvalue weighted by atomic mass is 19.2. The van der Waals surface area contributed by atoms with Crippen molar-refractivity contribution in [2.45, 2.75) is 38.6 Å². The first-order valence-corrected chi connectivity index (χ1v) is 7.06. The number of hydrogen-bond donors (Lipinski definition) is 2. The molecule has 0 amide bonds. The first-order chi connectivity index (χ1) is 9.06. The fourth-order valence-corrected chi connectivity index (χ4v) is 3.95.